The number of hydrogen-bond acceptors (Lipinski definition) is 6. The van der Waals surface area contributed by atoms with Gasteiger partial charge in [0.25, 0.3) is 0 Å². The van der Waals surface area contributed by atoms with Crippen LogP contribution < -0.4 is 14.4 Å². The van der Waals surface area contributed by atoms with Gasteiger partial charge in [-0.3, -0.25) is 9.79 Å². The Balaban J connectivity index is 1.49. The molecule has 36 heavy (non-hydrogen) atoms. The van der Waals surface area contributed by atoms with Gasteiger partial charge in [-0.15, -0.1) is 0 Å². The molecule has 0 N–H and O–H groups in total. The molecule has 2 heterocycles. The topological polar surface area (TPSA) is 54.4 Å². The number of ether oxygens (including phenoxy) is 2. The molecule has 0 aromatic heterocycles. The van der Waals surface area contributed by atoms with Gasteiger partial charge in [0.05, 0.1) is 26.0 Å². The van der Waals surface area contributed by atoms with Crippen molar-refractivity contribution >= 4 is 17.2 Å². The van der Waals surface area contributed by atoms with Gasteiger partial charge in [0.1, 0.15) is 5.78 Å². The van der Waals surface area contributed by atoms with Gasteiger partial charge in [0.15, 0.2) is 11.5 Å². The predicted octanol–water partition coefficient (Wildman–Crippen LogP) is 4.61. The number of carbonyl (C=O) groups excluding carboxylic acids is 1. The number of piperazine rings is 1. The third kappa shape index (κ3) is 5.29. The third-order valence-corrected chi connectivity index (χ3v) is 8.09. The summed E-state index contributed by atoms with van der Waals surface area (Å²) in [7, 11) is 5.54. The molecule has 0 amide bonds. The minimum atomic E-state index is 0.101. The first-order chi connectivity index (χ1) is 17.5. The van der Waals surface area contributed by atoms with Crippen LogP contribution in [0.4, 0.5) is 5.69 Å². The fourth-order valence-electron chi connectivity index (χ4n) is 5.53. The number of likely N-dealkylation sites (N-methyl/N-ethyl adjacent to an activating group) is 1. The monoisotopic (exact) mass is 489 g/mol. The molecule has 2 aromatic rings. The molecule has 0 radical (unpaired) electrons. The number of rotatable bonds is 8. The van der Waals surface area contributed by atoms with E-state index < -0.39 is 0 Å². The minimum absolute atomic E-state index is 0.101. The van der Waals surface area contributed by atoms with Crippen LogP contribution >= 0.6 is 0 Å². The highest BCUT2D eigenvalue weighted by molar-refractivity contribution is 6.14. The average molecular weight is 490 g/mol. The van der Waals surface area contributed by atoms with Gasteiger partial charge in [0, 0.05) is 55.3 Å². The van der Waals surface area contributed by atoms with Crippen molar-refractivity contribution in [1.29, 1.82) is 0 Å². The maximum atomic E-state index is 12.5. The maximum absolute atomic E-state index is 12.5. The summed E-state index contributed by atoms with van der Waals surface area (Å²) >= 11 is 0. The van der Waals surface area contributed by atoms with Crippen molar-refractivity contribution < 1.29 is 14.3 Å². The van der Waals surface area contributed by atoms with Gasteiger partial charge in [-0.1, -0.05) is 19.1 Å². The van der Waals surface area contributed by atoms with Crippen LogP contribution in [0.2, 0.25) is 0 Å². The van der Waals surface area contributed by atoms with Crippen molar-refractivity contribution in [2.24, 2.45) is 16.8 Å². The molecule has 6 heteroatoms. The molecular formula is C30H39N3O3. The molecule has 192 valence electrons. The van der Waals surface area contributed by atoms with Gasteiger partial charge in [-0.2, -0.15) is 0 Å². The Bertz CT molecular complexity index is 1120. The van der Waals surface area contributed by atoms with Crippen LogP contribution in [-0.4, -0.2) is 69.9 Å². The molecule has 2 unspecified atom stereocenters. The van der Waals surface area contributed by atoms with E-state index in [0.29, 0.717) is 29.8 Å². The zero-order valence-corrected chi connectivity index (χ0v) is 22.1. The number of fused-ring (bicyclic) bond motifs is 1. The first kappa shape index (κ1) is 24.8. The summed E-state index contributed by atoms with van der Waals surface area (Å²) in [4.78, 5) is 22.7. The van der Waals surface area contributed by atoms with Crippen LogP contribution in [0.15, 0.2) is 41.4 Å². The highest BCUT2D eigenvalue weighted by atomic mass is 16.5. The Kier molecular flexibility index (Phi) is 7.33. The molecule has 0 spiro atoms. The number of anilines is 1. The largest absolute Gasteiger partial charge is 0.493 e. The number of aliphatic imine (C=N–C) groups is 1. The molecule has 3 aliphatic rings. The molecule has 2 atom stereocenters. The molecule has 5 rings (SSSR count). The third-order valence-electron chi connectivity index (χ3n) is 8.09. The van der Waals surface area contributed by atoms with Gasteiger partial charge < -0.3 is 19.3 Å². The fourth-order valence-corrected chi connectivity index (χ4v) is 5.53. The molecule has 1 saturated carbocycles. The standard InChI is InChI=1S/C30H39N3O3/c1-20-17-23-18-28(35-3)29(36-4)19-25(23)30(31-26(20)11-12-27(34)21-5-6-21)22-7-9-24(10-8-22)33-15-13-32(2)14-16-33/h7-10,18-21,26H,5-6,11-17H2,1-4H3. The Hall–Kier alpha value is -2.86. The van der Waals surface area contributed by atoms with Crippen LogP contribution in [0, 0.1) is 11.8 Å². The van der Waals surface area contributed by atoms with Crippen LogP contribution in [0.1, 0.15) is 49.3 Å². The second kappa shape index (κ2) is 10.6. The normalized spacial score (nSPS) is 22.4. The van der Waals surface area contributed by atoms with E-state index >= 15 is 0 Å². The number of hydrogen-bond donors (Lipinski definition) is 0. The molecule has 2 fully saturated rings. The lowest BCUT2D eigenvalue weighted by Gasteiger charge is -2.34. The molecule has 0 bridgehead atoms. The van der Waals surface area contributed by atoms with Crippen molar-refractivity contribution in [3.63, 3.8) is 0 Å². The van der Waals surface area contributed by atoms with Gasteiger partial charge >= 0.3 is 0 Å². The average Bonchev–Trinajstić information content (AvgIpc) is 3.75. The van der Waals surface area contributed by atoms with E-state index in [1.165, 1.54) is 11.3 Å². The summed E-state index contributed by atoms with van der Waals surface area (Å²) < 4.78 is 11.3. The Morgan fingerprint density at radius 3 is 2.31 bits per heavy atom. The number of nitrogens with zero attached hydrogens (tertiary/aromatic N) is 3. The van der Waals surface area contributed by atoms with Crippen molar-refractivity contribution in [3.8, 4) is 11.5 Å². The van der Waals surface area contributed by atoms with Crippen molar-refractivity contribution in [2.75, 3.05) is 52.3 Å². The molecule has 2 aromatic carbocycles. The number of methoxy groups -OCH3 is 2. The van der Waals surface area contributed by atoms with E-state index in [9.17, 15) is 4.79 Å². The van der Waals surface area contributed by atoms with E-state index in [2.05, 4.69) is 60.2 Å². The predicted molar refractivity (Wildman–Crippen MR) is 145 cm³/mol. The summed E-state index contributed by atoms with van der Waals surface area (Å²) in [6, 6.07) is 13.1. The summed E-state index contributed by atoms with van der Waals surface area (Å²) in [5.41, 5.74) is 5.67. The summed E-state index contributed by atoms with van der Waals surface area (Å²) in [6.07, 6.45) is 4.46. The molecular weight excluding hydrogens is 450 g/mol. The maximum Gasteiger partial charge on any atom is 0.161 e. The lowest BCUT2D eigenvalue weighted by Crippen LogP contribution is -2.44. The van der Waals surface area contributed by atoms with E-state index in [-0.39, 0.29) is 6.04 Å². The van der Waals surface area contributed by atoms with E-state index in [0.717, 1.165) is 74.5 Å². The zero-order valence-electron chi connectivity index (χ0n) is 22.1. The van der Waals surface area contributed by atoms with Crippen LogP contribution in [0.3, 0.4) is 0 Å². The number of Topliss-reactive ketones (excluding diaryl/α,β-unsaturated/α-hetero) is 1. The number of ketones is 1. The molecule has 2 aliphatic heterocycles. The van der Waals surface area contributed by atoms with Crippen molar-refractivity contribution in [3.05, 3.63) is 53.1 Å². The molecule has 1 saturated heterocycles. The van der Waals surface area contributed by atoms with E-state index in [4.69, 9.17) is 14.5 Å². The summed E-state index contributed by atoms with van der Waals surface area (Å²) in [5.74, 6) is 2.52. The van der Waals surface area contributed by atoms with Gasteiger partial charge in [-0.05, 0) is 68.5 Å². The van der Waals surface area contributed by atoms with Crippen molar-refractivity contribution in [1.82, 2.24) is 4.90 Å². The number of carbonyl (C=O) groups is 1. The Morgan fingerprint density at radius 2 is 1.67 bits per heavy atom. The Morgan fingerprint density at radius 1 is 1.00 bits per heavy atom. The minimum Gasteiger partial charge on any atom is -0.493 e. The lowest BCUT2D eigenvalue weighted by atomic mass is 9.89. The van der Waals surface area contributed by atoms with Crippen LogP contribution in [0.5, 0.6) is 11.5 Å². The summed E-state index contributed by atoms with van der Waals surface area (Å²) in [6.45, 7) is 6.53. The van der Waals surface area contributed by atoms with Crippen LogP contribution in [-0.2, 0) is 11.2 Å². The highest BCUT2D eigenvalue weighted by Gasteiger charge is 2.32. The highest BCUT2D eigenvalue weighted by Crippen LogP contribution is 2.37. The van der Waals surface area contributed by atoms with E-state index in [1.54, 1.807) is 14.2 Å². The van der Waals surface area contributed by atoms with Crippen molar-refractivity contribution in [2.45, 2.75) is 45.1 Å². The second-order valence-corrected chi connectivity index (χ2v) is 10.7. The Labute approximate surface area is 215 Å². The van der Waals surface area contributed by atoms with Gasteiger partial charge in [-0.25, -0.2) is 0 Å². The zero-order chi connectivity index (χ0) is 25.2. The molecule has 6 nitrogen and oxygen atoms in total. The SMILES string of the molecule is COc1cc2c(cc1OC)C(c1ccc(N3CCN(C)CC3)cc1)=NC(CCC(=O)C1CC1)C(C)C2. The number of benzene rings is 2. The second-order valence-electron chi connectivity index (χ2n) is 10.7. The first-order valence-corrected chi connectivity index (χ1v) is 13.4. The van der Waals surface area contributed by atoms with Crippen LogP contribution in [0.25, 0.3) is 0 Å². The smallest absolute Gasteiger partial charge is 0.161 e. The summed E-state index contributed by atoms with van der Waals surface area (Å²) in [5, 5.41) is 0. The van der Waals surface area contributed by atoms with E-state index in [1.807, 2.05) is 0 Å². The fraction of sp³-hybridized carbons (Fsp3) is 0.533. The lowest BCUT2D eigenvalue weighted by molar-refractivity contribution is -0.120. The van der Waals surface area contributed by atoms with Gasteiger partial charge in [0.2, 0.25) is 0 Å². The molecule has 1 aliphatic carbocycles. The first-order valence-electron chi connectivity index (χ1n) is 13.4. The quantitative estimate of drug-likeness (QED) is 0.542.